The number of anilines is 1. The molecule has 0 saturated carbocycles. The van der Waals surface area contributed by atoms with Gasteiger partial charge >= 0.3 is 6.18 Å². The fourth-order valence-electron chi connectivity index (χ4n) is 1.59. The Morgan fingerprint density at radius 2 is 2.18 bits per heavy atom. The number of halogens is 3. The van der Waals surface area contributed by atoms with Crippen LogP contribution in [0.25, 0.3) is 0 Å². The van der Waals surface area contributed by atoms with Gasteiger partial charge in [0, 0.05) is 18.1 Å². The summed E-state index contributed by atoms with van der Waals surface area (Å²) in [6.45, 7) is 1.77. The summed E-state index contributed by atoms with van der Waals surface area (Å²) in [5.41, 5.74) is -0.790. The molecule has 1 aromatic carbocycles. The molecule has 0 aliphatic heterocycles. The Hall–Kier alpha value is -1.87. The molecule has 0 radical (unpaired) electrons. The summed E-state index contributed by atoms with van der Waals surface area (Å²) in [4.78, 5) is 4.06. The molecule has 1 aromatic heterocycles. The molecular weight excluding hydrogens is 319 g/mol. The summed E-state index contributed by atoms with van der Waals surface area (Å²) in [5, 5.41) is 13.2. The minimum atomic E-state index is -4.42. The number of ether oxygens (including phenoxy) is 1. The van der Waals surface area contributed by atoms with E-state index in [4.69, 9.17) is 4.74 Å². The molecule has 120 valence electrons. The standard InChI is InChI=1S/C13H14F3N3O2S/c1-8-18-12(22-19-8)17-6-10(20)7-21-11-4-2-3-9(5-11)13(14,15)16/h2-5,10,20H,6-7H2,1H3,(H,17,18,19)/t10-/m0/s1. The van der Waals surface area contributed by atoms with Gasteiger partial charge in [-0.05, 0) is 25.1 Å². The number of aromatic nitrogens is 2. The van der Waals surface area contributed by atoms with Gasteiger partial charge in [-0.25, -0.2) is 4.98 Å². The number of hydrogen-bond donors (Lipinski definition) is 2. The van der Waals surface area contributed by atoms with E-state index in [0.717, 1.165) is 23.7 Å². The molecular formula is C13H14F3N3O2S. The van der Waals surface area contributed by atoms with Crippen LogP contribution in [-0.4, -0.2) is 33.7 Å². The molecule has 2 rings (SSSR count). The van der Waals surface area contributed by atoms with E-state index in [2.05, 4.69) is 14.7 Å². The number of aryl methyl sites for hydroxylation is 1. The summed E-state index contributed by atoms with van der Waals surface area (Å²) in [6, 6.07) is 4.52. The molecule has 0 bridgehead atoms. The number of benzene rings is 1. The Balaban J connectivity index is 1.82. The lowest BCUT2D eigenvalue weighted by atomic mass is 10.2. The lowest BCUT2D eigenvalue weighted by molar-refractivity contribution is -0.137. The van der Waals surface area contributed by atoms with E-state index in [9.17, 15) is 18.3 Å². The summed E-state index contributed by atoms with van der Waals surface area (Å²) < 4.78 is 46.8. The van der Waals surface area contributed by atoms with E-state index in [1.54, 1.807) is 6.92 Å². The Morgan fingerprint density at radius 1 is 1.41 bits per heavy atom. The number of hydrogen-bond acceptors (Lipinski definition) is 6. The molecule has 2 aromatic rings. The van der Waals surface area contributed by atoms with Crippen molar-refractivity contribution >= 4 is 16.7 Å². The van der Waals surface area contributed by atoms with Crippen LogP contribution in [0.15, 0.2) is 24.3 Å². The van der Waals surface area contributed by atoms with Gasteiger partial charge in [0.2, 0.25) is 5.13 Å². The van der Waals surface area contributed by atoms with Crippen molar-refractivity contribution in [3.8, 4) is 5.75 Å². The number of rotatable bonds is 6. The van der Waals surface area contributed by atoms with Crippen molar-refractivity contribution in [2.45, 2.75) is 19.2 Å². The maximum absolute atomic E-state index is 12.6. The van der Waals surface area contributed by atoms with Gasteiger partial charge in [0.05, 0.1) is 5.56 Å². The molecule has 0 spiro atoms. The van der Waals surface area contributed by atoms with Gasteiger partial charge in [0.1, 0.15) is 24.3 Å². The van der Waals surface area contributed by atoms with E-state index < -0.39 is 17.8 Å². The molecule has 0 aliphatic carbocycles. The lowest BCUT2D eigenvalue weighted by Gasteiger charge is -2.14. The van der Waals surface area contributed by atoms with Crippen LogP contribution in [0, 0.1) is 6.92 Å². The first-order valence-electron chi connectivity index (χ1n) is 6.37. The molecule has 1 atom stereocenters. The molecule has 0 saturated heterocycles. The Kier molecular flexibility index (Phi) is 5.19. The van der Waals surface area contributed by atoms with Crippen LogP contribution >= 0.6 is 11.5 Å². The monoisotopic (exact) mass is 333 g/mol. The van der Waals surface area contributed by atoms with Gasteiger partial charge in [-0.2, -0.15) is 17.5 Å². The molecule has 0 fully saturated rings. The summed E-state index contributed by atoms with van der Waals surface area (Å²) in [6.07, 6.45) is -5.31. The highest BCUT2D eigenvalue weighted by molar-refractivity contribution is 7.09. The fourth-order valence-corrected chi connectivity index (χ4v) is 2.17. The highest BCUT2D eigenvalue weighted by Gasteiger charge is 2.30. The van der Waals surface area contributed by atoms with Gasteiger partial charge < -0.3 is 15.2 Å². The van der Waals surface area contributed by atoms with E-state index in [1.807, 2.05) is 0 Å². The Labute approximate surface area is 128 Å². The quantitative estimate of drug-likeness (QED) is 0.851. The third-order valence-corrected chi connectivity index (χ3v) is 3.38. The van der Waals surface area contributed by atoms with Crippen molar-refractivity contribution in [2.24, 2.45) is 0 Å². The van der Waals surface area contributed by atoms with Gasteiger partial charge in [-0.1, -0.05) is 6.07 Å². The van der Waals surface area contributed by atoms with Gasteiger partial charge in [-0.15, -0.1) is 0 Å². The minimum Gasteiger partial charge on any atom is -0.491 e. The number of nitrogens with one attached hydrogen (secondary N) is 1. The molecule has 0 aliphatic rings. The van der Waals surface area contributed by atoms with E-state index in [0.29, 0.717) is 11.0 Å². The fraction of sp³-hybridized carbons (Fsp3) is 0.385. The van der Waals surface area contributed by atoms with Crippen molar-refractivity contribution in [3.63, 3.8) is 0 Å². The minimum absolute atomic E-state index is 0.0561. The van der Waals surface area contributed by atoms with Crippen LogP contribution in [0.2, 0.25) is 0 Å². The Morgan fingerprint density at radius 3 is 2.82 bits per heavy atom. The van der Waals surface area contributed by atoms with Crippen molar-refractivity contribution in [1.29, 1.82) is 0 Å². The second-order valence-electron chi connectivity index (χ2n) is 4.52. The lowest BCUT2D eigenvalue weighted by Crippen LogP contribution is -2.26. The number of aliphatic hydroxyl groups excluding tert-OH is 1. The molecule has 0 amide bonds. The highest BCUT2D eigenvalue weighted by Crippen LogP contribution is 2.31. The number of aliphatic hydroxyl groups is 1. The van der Waals surface area contributed by atoms with Gasteiger partial charge in [-0.3, -0.25) is 0 Å². The molecule has 0 unspecified atom stereocenters. The molecule has 22 heavy (non-hydrogen) atoms. The van der Waals surface area contributed by atoms with Crippen LogP contribution in [-0.2, 0) is 6.18 Å². The van der Waals surface area contributed by atoms with Gasteiger partial charge in [0.25, 0.3) is 0 Å². The summed E-state index contributed by atoms with van der Waals surface area (Å²) in [7, 11) is 0. The van der Waals surface area contributed by atoms with Crippen molar-refractivity contribution < 1.29 is 23.0 Å². The normalized spacial score (nSPS) is 13.0. The van der Waals surface area contributed by atoms with E-state index in [1.165, 1.54) is 12.1 Å². The van der Waals surface area contributed by atoms with E-state index >= 15 is 0 Å². The zero-order valence-electron chi connectivity index (χ0n) is 11.6. The number of alkyl halides is 3. The molecule has 5 nitrogen and oxygen atoms in total. The van der Waals surface area contributed by atoms with Crippen molar-refractivity contribution in [3.05, 3.63) is 35.7 Å². The smallest absolute Gasteiger partial charge is 0.416 e. The average Bonchev–Trinajstić information content (AvgIpc) is 2.88. The molecule has 9 heteroatoms. The van der Waals surface area contributed by atoms with Crippen molar-refractivity contribution in [2.75, 3.05) is 18.5 Å². The maximum atomic E-state index is 12.6. The van der Waals surface area contributed by atoms with E-state index in [-0.39, 0.29) is 18.9 Å². The zero-order valence-corrected chi connectivity index (χ0v) is 12.4. The van der Waals surface area contributed by atoms with Gasteiger partial charge in [0.15, 0.2) is 0 Å². The van der Waals surface area contributed by atoms with Crippen LogP contribution in [0.4, 0.5) is 18.3 Å². The molecule has 2 N–H and O–H groups in total. The largest absolute Gasteiger partial charge is 0.491 e. The summed E-state index contributed by atoms with van der Waals surface area (Å²) >= 11 is 1.16. The second kappa shape index (κ2) is 6.93. The van der Waals surface area contributed by atoms with Crippen LogP contribution < -0.4 is 10.1 Å². The average molecular weight is 333 g/mol. The summed E-state index contributed by atoms with van der Waals surface area (Å²) in [5.74, 6) is 0.683. The Bertz CT molecular complexity index is 619. The highest BCUT2D eigenvalue weighted by atomic mass is 32.1. The number of nitrogens with zero attached hydrogens (tertiary/aromatic N) is 2. The van der Waals surface area contributed by atoms with Crippen LogP contribution in [0.5, 0.6) is 5.75 Å². The van der Waals surface area contributed by atoms with Crippen LogP contribution in [0.1, 0.15) is 11.4 Å². The van der Waals surface area contributed by atoms with Crippen LogP contribution in [0.3, 0.4) is 0 Å². The predicted molar refractivity (Wildman–Crippen MR) is 76.1 cm³/mol. The zero-order chi connectivity index (χ0) is 16.2. The third-order valence-electron chi connectivity index (χ3n) is 2.62. The molecule has 1 heterocycles. The first-order valence-corrected chi connectivity index (χ1v) is 7.14. The maximum Gasteiger partial charge on any atom is 0.416 e. The SMILES string of the molecule is Cc1nsc(NC[C@H](O)COc2cccc(C(F)(F)F)c2)n1. The predicted octanol–water partition coefficient (Wildman–Crippen LogP) is 2.72. The third kappa shape index (κ3) is 4.85. The first kappa shape index (κ1) is 16.5. The second-order valence-corrected chi connectivity index (χ2v) is 5.27. The topological polar surface area (TPSA) is 67.3 Å². The van der Waals surface area contributed by atoms with Crippen molar-refractivity contribution in [1.82, 2.24) is 9.36 Å². The first-order chi connectivity index (χ1) is 10.3.